The van der Waals surface area contributed by atoms with E-state index in [9.17, 15) is 0 Å². The first-order chi connectivity index (χ1) is 13.6. The molecule has 7 heteroatoms. The molecule has 146 valence electrons. The molecule has 0 aliphatic carbocycles. The molecule has 2 N–H and O–H groups in total. The predicted molar refractivity (Wildman–Crippen MR) is 110 cm³/mol. The highest BCUT2D eigenvalue weighted by molar-refractivity contribution is 5.67. The third kappa shape index (κ3) is 4.82. The van der Waals surface area contributed by atoms with Gasteiger partial charge in [-0.15, -0.1) is 0 Å². The van der Waals surface area contributed by atoms with Crippen LogP contribution in [0.25, 0.3) is 0 Å². The van der Waals surface area contributed by atoms with Crippen molar-refractivity contribution in [2.45, 2.75) is 20.0 Å². The first-order valence-electron chi connectivity index (χ1n) is 8.93. The maximum atomic E-state index is 5.84. The van der Waals surface area contributed by atoms with E-state index in [0.717, 1.165) is 17.1 Å². The Balaban J connectivity index is 1.78. The fourth-order valence-electron chi connectivity index (χ4n) is 2.62. The first kappa shape index (κ1) is 19.3. The van der Waals surface area contributed by atoms with Gasteiger partial charge in [0, 0.05) is 17.8 Å². The van der Waals surface area contributed by atoms with Crippen LogP contribution in [0.15, 0.2) is 54.9 Å². The SMILES string of the molecule is COc1ccc(Nc2cc(Nc3ccccc3OC(C)C)ncn2)cc1OC. The van der Waals surface area contributed by atoms with E-state index in [1.54, 1.807) is 14.2 Å². The second-order valence-electron chi connectivity index (χ2n) is 6.27. The molecule has 1 heterocycles. The first-order valence-corrected chi connectivity index (χ1v) is 8.93. The zero-order valence-electron chi connectivity index (χ0n) is 16.4. The molecule has 0 amide bonds. The molecule has 7 nitrogen and oxygen atoms in total. The molecule has 0 saturated heterocycles. The molecule has 0 saturated carbocycles. The summed E-state index contributed by atoms with van der Waals surface area (Å²) >= 11 is 0. The van der Waals surface area contributed by atoms with Crippen LogP contribution in [0.5, 0.6) is 17.2 Å². The van der Waals surface area contributed by atoms with Crippen molar-refractivity contribution in [2.75, 3.05) is 24.9 Å². The smallest absolute Gasteiger partial charge is 0.162 e. The lowest BCUT2D eigenvalue weighted by Gasteiger charge is -2.15. The Morgan fingerprint density at radius 3 is 2.21 bits per heavy atom. The Morgan fingerprint density at radius 1 is 0.786 bits per heavy atom. The molecule has 0 atom stereocenters. The molecule has 0 unspecified atom stereocenters. The molecule has 0 spiro atoms. The second-order valence-corrected chi connectivity index (χ2v) is 6.27. The molecule has 2 aromatic carbocycles. The van der Waals surface area contributed by atoms with Gasteiger partial charge in [0.25, 0.3) is 0 Å². The quantitative estimate of drug-likeness (QED) is 0.583. The monoisotopic (exact) mass is 380 g/mol. The van der Waals surface area contributed by atoms with Crippen LogP contribution >= 0.6 is 0 Å². The molecule has 3 aromatic rings. The molecule has 0 bridgehead atoms. The van der Waals surface area contributed by atoms with Gasteiger partial charge in [0.1, 0.15) is 23.7 Å². The van der Waals surface area contributed by atoms with Gasteiger partial charge < -0.3 is 24.8 Å². The minimum atomic E-state index is 0.0793. The minimum Gasteiger partial charge on any atom is -0.493 e. The Bertz CT molecular complexity index is 931. The highest BCUT2D eigenvalue weighted by Crippen LogP contribution is 2.31. The third-order valence-corrected chi connectivity index (χ3v) is 3.84. The summed E-state index contributed by atoms with van der Waals surface area (Å²) in [5.41, 5.74) is 1.66. The number of anilines is 4. The zero-order chi connectivity index (χ0) is 19.9. The lowest BCUT2D eigenvalue weighted by Crippen LogP contribution is -2.07. The molecule has 28 heavy (non-hydrogen) atoms. The van der Waals surface area contributed by atoms with Crippen molar-refractivity contribution < 1.29 is 14.2 Å². The largest absolute Gasteiger partial charge is 0.493 e. The van der Waals surface area contributed by atoms with Crippen molar-refractivity contribution in [3.8, 4) is 17.2 Å². The van der Waals surface area contributed by atoms with Crippen LogP contribution in [0.3, 0.4) is 0 Å². The number of hydrogen-bond acceptors (Lipinski definition) is 7. The molecular formula is C21H24N4O3. The number of nitrogens with one attached hydrogen (secondary N) is 2. The van der Waals surface area contributed by atoms with E-state index in [2.05, 4.69) is 20.6 Å². The van der Waals surface area contributed by atoms with Crippen molar-refractivity contribution in [3.05, 3.63) is 54.9 Å². The topological polar surface area (TPSA) is 77.5 Å². The van der Waals surface area contributed by atoms with Gasteiger partial charge in [-0.25, -0.2) is 9.97 Å². The van der Waals surface area contributed by atoms with Gasteiger partial charge in [0.05, 0.1) is 26.0 Å². The third-order valence-electron chi connectivity index (χ3n) is 3.84. The molecular weight excluding hydrogens is 356 g/mol. The molecule has 0 aliphatic heterocycles. The number of hydrogen-bond donors (Lipinski definition) is 2. The standard InChI is InChI=1S/C21H24N4O3/c1-14(2)28-17-8-6-5-7-16(17)25-21-12-20(22-13-23-21)24-15-9-10-18(26-3)19(11-15)27-4/h5-14H,1-4H3,(H2,22,23,24,25). The summed E-state index contributed by atoms with van der Waals surface area (Å²) in [6.07, 6.45) is 1.58. The summed E-state index contributed by atoms with van der Waals surface area (Å²) in [6.45, 7) is 3.99. The van der Waals surface area contributed by atoms with E-state index in [1.807, 2.05) is 62.4 Å². The van der Waals surface area contributed by atoms with Crippen LogP contribution in [0.2, 0.25) is 0 Å². The summed E-state index contributed by atoms with van der Waals surface area (Å²) < 4.78 is 16.4. The van der Waals surface area contributed by atoms with Crippen LogP contribution in [-0.4, -0.2) is 30.3 Å². The number of para-hydroxylation sites is 2. The average Bonchev–Trinajstić information content (AvgIpc) is 2.69. The summed E-state index contributed by atoms with van der Waals surface area (Å²) in [5, 5.41) is 6.53. The second kappa shape index (κ2) is 8.94. The predicted octanol–water partition coefficient (Wildman–Crippen LogP) is 4.77. The molecule has 1 aromatic heterocycles. The van der Waals surface area contributed by atoms with Gasteiger partial charge in [-0.2, -0.15) is 0 Å². The maximum Gasteiger partial charge on any atom is 0.162 e. The van der Waals surface area contributed by atoms with Gasteiger partial charge in [0.15, 0.2) is 11.5 Å². The van der Waals surface area contributed by atoms with Crippen molar-refractivity contribution >= 4 is 23.0 Å². The zero-order valence-corrected chi connectivity index (χ0v) is 16.4. The Labute approximate surface area is 164 Å². The number of nitrogens with zero attached hydrogens (tertiary/aromatic N) is 2. The summed E-state index contributed by atoms with van der Waals surface area (Å²) in [5.74, 6) is 3.37. The molecule has 3 rings (SSSR count). The summed E-state index contributed by atoms with van der Waals surface area (Å²) in [6, 6.07) is 15.1. The number of methoxy groups -OCH3 is 2. The summed E-state index contributed by atoms with van der Waals surface area (Å²) in [4.78, 5) is 8.57. The van der Waals surface area contributed by atoms with Crippen molar-refractivity contribution in [3.63, 3.8) is 0 Å². The fourth-order valence-corrected chi connectivity index (χ4v) is 2.62. The van der Waals surface area contributed by atoms with Gasteiger partial charge in [0.2, 0.25) is 0 Å². The normalized spacial score (nSPS) is 10.5. The van der Waals surface area contributed by atoms with E-state index in [1.165, 1.54) is 6.33 Å². The summed E-state index contributed by atoms with van der Waals surface area (Å²) in [7, 11) is 3.21. The van der Waals surface area contributed by atoms with E-state index >= 15 is 0 Å². The van der Waals surface area contributed by atoms with Gasteiger partial charge in [-0.3, -0.25) is 0 Å². The minimum absolute atomic E-state index is 0.0793. The van der Waals surface area contributed by atoms with Gasteiger partial charge >= 0.3 is 0 Å². The Kier molecular flexibility index (Phi) is 6.16. The Hall–Kier alpha value is -3.48. The average molecular weight is 380 g/mol. The van der Waals surface area contributed by atoms with E-state index in [-0.39, 0.29) is 6.10 Å². The van der Waals surface area contributed by atoms with Crippen LogP contribution in [-0.2, 0) is 0 Å². The van der Waals surface area contributed by atoms with Crippen LogP contribution in [0.1, 0.15) is 13.8 Å². The highest BCUT2D eigenvalue weighted by atomic mass is 16.5. The number of ether oxygens (including phenoxy) is 3. The Morgan fingerprint density at radius 2 is 1.50 bits per heavy atom. The van der Waals surface area contributed by atoms with Crippen LogP contribution < -0.4 is 24.8 Å². The lowest BCUT2D eigenvalue weighted by atomic mass is 10.2. The lowest BCUT2D eigenvalue weighted by molar-refractivity contribution is 0.244. The van der Waals surface area contributed by atoms with Crippen molar-refractivity contribution in [1.82, 2.24) is 9.97 Å². The van der Waals surface area contributed by atoms with Crippen molar-refractivity contribution in [1.29, 1.82) is 0 Å². The number of rotatable bonds is 8. The van der Waals surface area contributed by atoms with E-state index < -0.39 is 0 Å². The van der Waals surface area contributed by atoms with Gasteiger partial charge in [-0.05, 0) is 38.1 Å². The molecule has 0 radical (unpaired) electrons. The van der Waals surface area contributed by atoms with Crippen LogP contribution in [0.4, 0.5) is 23.0 Å². The fraction of sp³-hybridized carbons (Fsp3) is 0.238. The van der Waals surface area contributed by atoms with Gasteiger partial charge in [-0.1, -0.05) is 12.1 Å². The maximum absolute atomic E-state index is 5.84. The van der Waals surface area contributed by atoms with E-state index in [4.69, 9.17) is 14.2 Å². The van der Waals surface area contributed by atoms with Crippen LogP contribution in [0, 0.1) is 0 Å². The molecule has 0 fully saturated rings. The van der Waals surface area contributed by atoms with E-state index in [0.29, 0.717) is 23.1 Å². The highest BCUT2D eigenvalue weighted by Gasteiger charge is 2.08. The number of benzene rings is 2. The molecule has 0 aliphatic rings. The van der Waals surface area contributed by atoms with Crippen molar-refractivity contribution in [2.24, 2.45) is 0 Å². The number of aromatic nitrogens is 2.